The van der Waals surface area contributed by atoms with Crippen LogP contribution in [0.15, 0.2) is 65.3 Å². The molecular weight excluding hydrogens is 428 g/mol. The van der Waals surface area contributed by atoms with Crippen molar-refractivity contribution >= 4 is 28.6 Å². The molecule has 1 aromatic heterocycles. The number of likely N-dealkylation sites (tertiary alicyclic amines) is 1. The fourth-order valence-electron chi connectivity index (χ4n) is 5.24. The lowest BCUT2D eigenvalue weighted by molar-refractivity contribution is -0.140. The van der Waals surface area contributed by atoms with Gasteiger partial charge in [0, 0.05) is 42.2 Å². The lowest BCUT2D eigenvalue weighted by Crippen LogP contribution is -2.38. The number of nitrogens with one attached hydrogen (secondary N) is 1. The maximum absolute atomic E-state index is 13.3. The number of amidine groups is 1. The first-order valence-electron chi connectivity index (χ1n) is 12.1. The van der Waals surface area contributed by atoms with Crippen molar-refractivity contribution in [3.63, 3.8) is 0 Å². The van der Waals surface area contributed by atoms with E-state index >= 15 is 0 Å². The summed E-state index contributed by atoms with van der Waals surface area (Å²) in [6, 6.07) is 9.46. The van der Waals surface area contributed by atoms with Gasteiger partial charge in [-0.15, -0.1) is 0 Å². The summed E-state index contributed by atoms with van der Waals surface area (Å²) in [7, 11) is 0. The molecule has 5 rings (SSSR count). The van der Waals surface area contributed by atoms with E-state index in [2.05, 4.69) is 33.5 Å². The quantitative estimate of drug-likeness (QED) is 0.623. The lowest BCUT2D eigenvalue weighted by atomic mass is 9.96. The van der Waals surface area contributed by atoms with Crippen LogP contribution in [0.1, 0.15) is 50.1 Å². The van der Waals surface area contributed by atoms with Gasteiger partial charge in [0.2, 0.25) is 5.91 Å². The number of carboxylic acid groups (broad SMARTS) is 1. The molecule has 7 nitrogen and oxygen atoms in total. The summed E-state index contributed by atoms with van der Waals surface area (Å²) in [5.41, 5.74) is 2.82. The first-order valence-corrected chi connectivity index (χ1v) is 12.1. The van der Waals surface area contributed by atoms with E-state index in [1.807, 2.05) is 30.3 Å². The second-order valence-corrected chi connectivity index (χ2v) is 9.31. The monoisotopic (exact) mass is 458 g/mol. The fraction of sp³-hybridized carbons (Fsp3) is 0.407. The van der Waals surface area contributed by atoms with Crippen molar-refractivity contribution in [1.82, 2.24) is 15.2 Å². The first-order chi connectivity index (χ1) is 16.6. The fourth-order valence-corrected chi connectivity index (χ4v) is 5.24. The van der Waals surface area contributed by atoms with Crippen molar-refractivity contribution in [2.75, 3.05) is 13.1 Å². The number of nitrogens with zero attached hydrogens (tertiary/aromatic N) is 3. The number of rotatable bonds is 8. The molecular formula is C27H30N4O3. The van der Waals surface area contributed by atoms with Gasteiger partial charge in [-0.25, -0.2) is 0 Å². The second-order valence-electron chi connectivity index (χ2n) is 9.31. The van der Waals surface area contributed by atoms with Gasteiger partial charge in [-0.3, -0.25) is 19.6 Å². The molecule has 0 radical (unpaired) electrons. The lowest BCUT2D eigenvalue weighted by Gasteiger charge is -2.28. The zero-order valence-electron chi connectivity index (χ0n) is 19.2. The van der Waals surface area contributed by atoms with E-state index in [-0.39, 0.29) is 24.3 Å². The SMILES string of the molecule is O=C(O)CC(c1cnc2ccccc2c1)N1CCC(CCC[C@@H]2C=CC3=CCCN=C3N2)C1=O. The molecule has 3 atom stereocenters. The van der Waals surface area contributed by atoms with Gasteiger partial charge in [-0.05, 0) is 43.4 Å². The zero-order valence-corrected chi connectivity index (χ0v) is 19.2. The summed E-state index contributed by atoms with van der Waals surface area (Å²) in [5.74, 6) is 0.0826. The molecule has 1 aromatic carbocycles. The molecule has 34 heavy (non-hydrogen) atoms. The van der Waals surface area contributed by atoms with Gasteiger partial charge in [0.15, 0.2) is 0 Å². The van der Waals surface area contributed by atoms with Crippen LogP contribution in [-0.4, -0.2) is 51.8 Å². The maximum atomic E-state index is 13.3. The third-order valence-electron chi connectivity index (χ3n) is 7.03. The Morgan fingerprint density at radius 3 is 3.03 bits per heavy atom. The Bertz CT molecular complexity index is 1190. The Labute approximate surface area is 199 Å². The topological polar surface area (TPSA) is 94.9 Å². The number of carboxylic acids is 1. The average Bonchev–Trinajstić information content (AvgIpc) is 3.22. The van der Waals surface area contributed by atoms with Crippen molar-refractivity contribution < 1.29 is 14.7 Å². The summed E-state index contributed by atoms with van der Waals surface area (Å²) < 4.78 is 0. The molecule has 0 saturated carbocycles. The summed E-state index contributed by atoms with van der Waals surface area (Å²) in [6.07, 6.45) is 12.6. The van der Waals surface area contributed by atoms with Gasteiger partial charge in [0.25, 0.3) is 0 Å². The first kappa shape index (κ1) is 22.3. The maximum Gasteiger partial charge on any atom is 0.305 e. The number of amides is 1. The Balaban J connectivity index is 1.22. The van der Waals surface area contributed by atoms with Crippen molar-refractivity contribution in [3.05, 3.63) is 65.9 Å². The number of aliphatic imine (C=N–C) groups is 1. The van der Waals surface area contributed by atoms with Gasteiger partial charge in [-0.1, -0.05) is 42.8 Å². The van der Waals surface area contributed by atoms with Crippen LogP contribution in [0.5, 0.6) is 0 Å². The molecule has 2 unspecified atom stereocenters. The van der Waals surface area contributed by atoms with E-state index in [0.29, 0.717) is 6.54 Å². The highest BCUT2D eigenvalue weighted by molar-refractivity contribution is 6.02. The largest absolute Gasteiger partial charge is 0.481 e. The minimum Gasteiger partial charge on any atom is -0.481 e. The number of benzene rings is 1. The minimum atomic E-state index is -0.913. The zero-order chi connectivity index (χ0) is 23.5. The molecule has 2 aromatic rings. The van der Waals surface area contributed by atoms with Crippen molar-refractivity contribution in [2.24, 2.45) is 10.9 Å². The molecule has 1 amide bonds. The molecule has 0 aliphatic carbocycles. The summed E-state index contributed by atoms with van der Waals surface area (Å²) in [6.45, 7) is 1.42. The smallest absolute Gasteiger partial charge is 0.305 e. The molecule has 7 heteroatoms. The minimum absolute atomic E-state index is 0.0558. The standard InChI is InChI=1S/C27H30N4O3/c32-25(33)16-24(21-15-20-5-1-2-9-23(20)29-17-21)31-14-12-19(27(31)34)6-3-8-22-11-10-18-7-4-13-28-26(18)30-22/h1-2,5,7,9-11,15,17,19,22,24H,3-4,6,8,12-14,16H2,(H,28,30)(H,32,33)/t19?,22-,24?/m1/s1. The normalized spacial score (nSPS) is 22.7. The molecule has 4 heterocycles. The van der Waals surface area contributed by atoms with Crippen LogP contribution in [0.3, 0.4) is 0 Å². The number of fused-ring (bicyclic) bond motifs is 2. The number of aromatic nitrogens is 1. The third kappa shape index (κ3) is 4.74. The Kier molecular flexibility index (Phi) is 6.43. The van der Waals surface area contributed by atoms with E-state index in [1.165, 1.54) is 5.57 Å². The van der Waals surface area contributed by atoms with Crippen LogP contribution in [0, 0.1) is 5.92 Å². The average molecular weight is 459 g/mol. The molecule has 1 fully saturated rings. The number of para-hydroxylation sites is 1. The van der Waals surface area contributed by atoms with Crippen molar-refractivity contribution in [1.29, 1.82) is 0 Å². The molecule has 1 saturated heterocycles. The highest BCUT2D eigenvalue weighted by Crippen LogP contribution is 2.34. The number of dihydropyridines is 1. The molecule has 3 aliphatic heterocycles. The van der Waals surface area contributed by atoms with E-state index in [1.54, 1.807) is 11.1 Å². The van der Waals surface area contributed by atoms with Gasteiger partial charge < -0.3 is 15.3 Å². The summed E-state index contributed by atoms with van der Waals surface area (Å²) >= 11 is 0. The van der Waals surface area contributed by atoms with Crippen LogP contribution >= 0.6 is 0 Å². The predicted molar refractivity (Wildman–Crippen MR) is 131 cm³/mol. The van der Waals surface area contributed by atoms with Crippen molar-refractivity contribution in [2.45, 2.75) is 50.6 Å². The Morgan fingerprint density at radius 1 is 1.26 bits per heavy atom. The molecule has 0 spiro atoms. The van der Waals surface area contributed by atoms with Crippen LogP contribution in [0.25, 0.3) is 10.9 Å². The van der Waals surface area contributed by atoms with Gasteiger partial charge >= 0.3 is 5.97 Å². The predicted octanol–water partition coefficient (Wildman–Crippen LogP) is 4.03. The highest BCUT2D eigenvalue weighted by atomic mass is 16.4. The molecule has 2 N–H and O–H groups in total. The summed E-state index contributed by atoms with van der Waals surface area (Å²) in [5, 5.41) is 14.0. The van der Waals surface area contributed by atoms with Gasteiger partial charge in [0.05, 0.1) is 18.0 Å². The van der Waals surface area contributed by atoms with E-state index in [9.17, 15) is 14.7 Å². The number of carbonyl (C=O) groups excluding carboxylic acids is 1. The Hall–Kier alpha value is -3.48. The Morgan fingerprint density at radius 2 is 2.15 bits per heavy atom. The second kappa shape index (κ2) is 9.79. The van der Waals surface area contributed by atoms with Crippen molar-refractivity contribution in [3.8, 4) is 0 Å². The number of carbonyl (C=O) groups is 2. The number of pyridine rings is 1. The van der Waals surface area contributed by atoms with Gasteiger partial charge in [0.1, 0.15) is 5.84 Å². The van der Waals surface area contributed by atoms with Gasteiger partial charge in [-0.2, -0.15) is 0 Å². The molecule has 176 valence electrons. The van der Waals surface area contributed by atoms with Crippen LogP contribution in [-0.2, 0) is 9.59 Å². The van der Waals surface area contributed by atoms with Crippen LogP contribution in [0.2, 0.25) is 0 Å². The number of hydrogen-bond acceptors (Lipinski definition) is 5. The van der Waals surface area contributed by atoms with E-state index in [4.69, 9.17) is 0 Å². The molecule has 3 aliphatic rings. The van der Waals surface area contributed by atoms with E-state index in [0.717, 1.165) is 61.0 Å². The summed E-state index contributed by atoms with van der Waals surface area (Å²) in [4.78, 5) is 35.8. The van der Waals surface area contributed by atoms with E-state index < -0.39 is 12.0 Å². The van der Waals surface area contributed by atoms with Crippen LogP contribution < -0.4 is 5.32 Å². The highest BCUT2D eigenvalue weighted by Gasteiger charge is 2.37. The van der Waals surface area contributed by atoms with Crippen LogP contribution in [0.4, 0.5) is 0 Å². The molecule has 0 bridgehead atoms. The number of aliphatic carboxylic acids is 1. The third-order valence-corrected chi connectivity index (χ3v) is 7.03. The number of hydrogen-bond donors (Lipinski definition) is 2.